The van der Waals surface area contributed by atoms with Gasteiger partial charge in [-0.15, -0.1) is 0 Å². The normalized spacial score (nSPS) is 17.2. The molecule has 2 N–H and O–H groups in total. The number of aliphatic hydroxyl groups excluding tert-OH is 1. The van der Waals surface area contributed by atoms with Gasteiger partial charge in [0.2, 0.25) is 0 Å². The van der Waals surface area contributed by atoms with E-state index in [2.05, 4.69) is 10.3 Å². The number of rotatable bonds is 6. The van der Waals surface area contributed by atoms with Crippen LogP contribution in [0.15, 0.2) is 33.9 Å². The van der Waals surface area contributed by atoms with Gasteiger partial charge >= 0.3 is 0 Å². The second-order valence-corrected chi connectivity index (χ2v) is 5.57. The molecule has 1 heterocycles. The molecule has 0 radical (unpaired) electrons. The Labute approximate surface area is 110 Å². The molecule has 1 fully saturated rings. The molecule has 18 heavy (non-hydrogen) atoms. The highest BCUT2D eigenvalue weighted by Crippen LogP contribution is 2.24. The Balaban J connectivity index is 1.51. The molecular formula is C13H16N2O2S. The van der Waals surface area contributed by atoms with Gasteiger partial charge in [-0.05, 0) is 25.0 Å². The zero-order valence-electron chi connectivity index (χ0n) is 10.0. The average Bonchev–Trinajstić information content (AvgIpc) is 3.11. The number of fused-ring (bicyclic) bond motifs is 1. The fourth-order valence-electron chi connectivity index (χ4n) is 1.73. The first-order valence-electron chi connectivity index (χ1n) is 6.21. The fraction of sp³-hybridized carbons (Fsp3) is 0.462. The summed E-state index contributed by atoms with van der Waals surface area (Å²) in [5, 5.41) is 13.7. The summed E-state index contributed by atoms with van der Waals surface area (Å²) >= 11 is 1.46. The maximum Gasteiger partial charge on any atom is 0.256 e. The molecule has 5 heteroatoms. The zero-order chi connectivity index (χ0) is 12.4. The molecule has 96 valence electrons. The number of benzene rings is 1. The first kappa shape index (κ1) is 12.0. The molecule has 1 aromatic carbocycles. The Hall–Kier alpha value is -1.04. The highest BCUT2D eigenvalue weighted by Gasteiger charge is 2.21. The number of aromatic nitrogens is 1. The standard InChI is InChI=1S/C13H16N2O2S/c16-10(7-14-9-5-6-9)8-18-13-15-11-3-1-2-4-12(11)17-13/h1-4,9-10,14,16H,5-8H2. The molecule has 1 saturated carbocycles. The van der Waals surface area contributed by atoms with Gasteiger partial charge in [0, 0.05) is 18.3 Å². The monoisotopic (exact) mass is 264 g/mol. The summed E-state index contributed by atoms with van der Waals surface area (Å²) in [6.07, 6.45) is 2.13. The summed E-state index contributed by atoms with van der Waals surface area (Å²) in [5.41, 5.74) is 1.66. The van der Waals surface area contributed by atoms with Crippen LogP contribution in [0.25, 0.3) is 11.1 Å². The SMILES string of the molecule is OC(CNC1CC1)CSc1nc2ccccc2o1. The maximum atomic E-state index is 9.81. The van der Waals surface area contributed by atoms with Gasteiger partial charge in [-0.25, -0.2) is 4.98 Å². The minimum Gasteiger partial charge on any atom is -0.431 e. The molecule has 1 unspecified atom stereocenters. The minimum atomic E-state index is -0.356. The number of nitrogens with zero attached hydrogens (tertiary/aromatic N) is 1. The van der Waals surface area contributed by atoms with Gasteiger partial charge in [0.1, 0.15) is 5.52 Å². The van der Waals surface area contributed by atoms with Crippen LogP contribution < -0.4 is 5.32 Å². The zero-order valence-corrected chi connectivity index (χ0v) is 10.8. The topological polar surface area (TPSA) is 58.3 Å². The Morgan fingerprint density at radius 3 is 3.06 bits per heavy atom. The lowest BCUT2D eigenvalue weighted by Crippen LogP contribution is -2.29. The van der Waals surface area contributed by atoms with Gasteiger partial charge in [0.05, 0.1) is 6.10 Å². The maximum absolute atomic E-state index is 9.81. The third-order valence-electron chi connectivity index (χ3n) is 2.89. The third kappa shape index (κ3) is 3.04. The second kappa shape index (κ2) is 5.30. The van der Waals surface area contributed by atoms with E-state index in [9.17, 15) is 5.11 Å². The predicted molar refractivity (Wildman–Crippen MR) is 71.8 cm³/mol. The molecule has 2 aromatic rings. The Morgan fingerprint density at radius 2 is 2.28 bits per heavy atom. The largest absolute Gasteiger partial charge is 0.431 e. The van der Waals surface area contributed by atoms with Crippen LogP contribution in [0.1, 0.15) is 12.8 Å². The molecule has 0 aliphatic heterocycles. The number of thioether (sulfide) groups is 1. The van der Waals surface area contributed by atoms with Crippen molar-refractivity contribution in [1.29, 1.82) is 0 Å². The summed E-state index contributed by atoms with van der Waals surface area (Å²) in [7, 11) is 0. The Bertz CT molecular complexity index is 491. The number of nitrogens with one attached hydrogen (secondary N) is 1. The summed E-state index contributed by atoms with van der Waals surface area (Å²) in [5.74, 6) is 0.604. The first-order chi connectivity index (χ1) is 8.81. The lowest BCUT2D eigenvalue weighted by Gasteiger charge is -2.09. The second-order valence-electron chi connectivity index (χ2n) is 4.59. The third-order valence-corrected chi connectivity index (χ3v) is 3.87. The van der Waals surface area contributed by atoms with E-state index < -0.39 is 0 Å². The highest BCUT2D eigenvalue weighted by atomic mass is 32.2. The van der Waals surface area contributed by atoms with Crippen LogP contribution in [0.5, 0.6) is 0 Å². The van der Waals surface area contributed by atoms with Crippen molar-refractivity contribution in [3.63, 3.8) is 0 Å². The van der Waals surface area contributed by atoms with Gasteiger partial charge in [0.15, 0.2) is 5.58 Å². The predicted octanol–water partition coefficient (Wildman–Crippen LogP) is 2.03. The molecule has 1 aromatic heterocycles. The highest BCUT2D eigenvalue weighted by molar-refractivity contribution is 7.99. The van der Waals surface area contributed by atoms with E-state index in [1.54, 1.807) is 0 Å². The molecule has 0 spiro atoms. The van der Waals surface area contributed by atoms with Crippen LogP contribution in [-0.2, 0) is 0 Å². The molecule has 1 aliphatic carbocycles. The number of hydrogen-bond acceptors (Lipinski definition) is 5. The molecule has 4 nitrogen and oxygen atoms in total. The lowest BCUT2D eigenvalue weighted by molar-refractivity contribution is 0.195. The summed E-state index contributed by atoms with van der Waals surface area (Å²) in [6.45, 7) is 0.651. The van der Waals surface area contributed by atoms with E-state index >= 15 is 0 Å². The molecular weight excluding hydrogens is 248 g/mol. The first-order valence-corrected chi connectivity index (χ1v) is 7.19. The minimum absolute atomic E-state index is 0.356. The van der Waals surface area contributed by atoms with E-state index in [-0.39, 0.29) is 6.10 Å². The molecule has 0 bridgehead atoms. The smallest absolute Gasteiger partial charge is 0.256 e. The summed E-state index contributed by atoms with van der Waals surface area (Å²) in [4.78, 5) is 4.36. The van der Waals surface area contributed by atoms with E-state index in [4.69, 9.17) is 4.42 Å². The van der Waals surface area contributed by atoms with E-state index in [0.29, 0.717) is 23.6 Å². The van der Waals surface area contributed by atoms with E-state index in [0.717, 1.165) is 11.1 Å². The fourth-order valence-corrected chi connectivity index (χ4v) is 2.49. The van der Waals surface area contributed by atoms with Gasteiger partial charge in [-0.3, -0.25) is 0 Å². The lowest BCUT2D eigenvalue weighted by atomic mass is 10.3. The Kier molecular flexibility index (Phi) is 3.54. The van der Waals surface area contributed by atoms with Gasteiger partial charge in [-0.1, -0.05) is 23.9 Å². The van der Waals surface area contributed by atoms with Crippen LogP contribution in [0.2, 0.25) is 0 Å². The number of oxazole rings is 1. The van der Waals surface area contributed by atoms with E-state index in [1.807, 2.05) is 24.3 Å². The molecule has 1 atom stereocenters. The van der Waals surface area contributed by atoms with Gasteiger partial charge in [-0.2, -0.15) is 0 Å². The molecule has 0 saturated heterocycles. The van der Waals surface area contributed by atoms with Crippen LogP contribution in [0.3, 0.4) is 0 Å². The van der Waals surface area contributed by atoms with Crippen LogP contribution in [0, 0.1) is 0 Å². The average molecular weight is 264 g/mol. The number of hydrogen-bond donors (Lipinski definition) is 2. The van der Waals surface area contributed by atoms with Crippen LogP contribution >= 0.6 is 11.8 Å². The molecule has 3 rings (SSSR count). The van der Waals surface area contributed by atoms with Crippen molar-refractivity contribution in [1.82, 2.24) is 10.3 Å². The Morgan fingerprint density at radius 1 is 1.44 bits per heavy atom. The van der Waals surface area contributed by atoms with Crippen LogP contribution in [0.4, 0.5) is 0 Å². The van der Waals surface area contributed by atoms with Crippen molar-refractivity contribution in [3.05, 3.63) is 24.3 Å². The summed E-state index contributed by atoms with van der Waals surface area (Å²) < 4.78 is 5.58. The van der Waals surface area contributed by atoms with Crippen molar-refractivity contribution in [3.8, 4) is 0 Å². The summed E-state index contributed by atoms with van der Waals surface area (Å²) in [6, 6.07) is 8.32. The van der Waals surface area contributed by atoms with Crippen molar-refractivity contribution >= 4 is 22.9 Å². The van der Waals surface area contributed by atoms with Crippen molar-refractivity contribution in [2.24, 2.45) is 0 Å². The van der Waals surface area contributed by atoms with Crippen molar-refractivity contribution in [2.75, 3.05) is 12.3 Å². The van der Waals surface area contributed by atoms with Gasteiger partial charge < -0.3 is 14.8 Å². The number of aliphatic hydroxyl groups is 1. The van der Waals surface area contributed by atoms with Gasteiger partial charge in [0.25, 0.3) is 5.22 Å². The van der Waals surface area contributed by atoms with Crippen molar-refractivity contribution in [2.45, 2.75) is 30.2 Å². The van der Waals surface area contributed by atoms with Crippen LogP contribution in [-0.4, -0.2) is 34.5 Å². The molecule has 1 aliphatic rings. The van der Waals surface area contributed by atoms with E-state index in [1.165, 1.54) is 24.6 Å². The quantitative estimate of drug-likeness (QED) is 0.782. The molecule has 0 amide bonds. The number of para-hydroxylation sites is 2. The van der Waals surface area contributed by atoms with Crippen molar-refractivity contribution < 1.29 is 9.52 Å².